The molecule has 0 aliphatic heterocycles. The second-order valence-electron chi connectivity index (χ2n) is 3.55. The first kappa shape index (κ1) is 11.1. The first-order chi connectivity index (χ1) is 6.72. The first-order valence-corrected chi connectivity index (χ1v) is 5.12. The Morgan fingerprint density at radius 2 is 1.93 bits per heavy atom. The molecule has 1 rings (SSSR count). The zero-order chi connectivity index (χ0) is 10.4. The van der Waals surface area contributed by atoms with Gasteiger partial charge in [0, 0.05) is 0 Å². The monoisotopic (exact) mass is 194 g/mol. The van der Waals surface area contributed by atoms with Crippen molar-refractivity contribution in [2.45, 2.75) is 32.8 Å². The van der Waals surface area contributed by atoms with Gasteiger partial charge in [0.25, 0.3) is 0 Å². The number of aliphatic hydroxyl groups is 1. The van der Waals surface area contributed by atoms with Gasteiger partial charge < -0.3 is 9.84 Å². The zero-order valence-electron chi connectivity index (χ0n) is 8.86. The second-order valence-corrected chi connectivity index (χ2v) is 3.55. The molecule has 0 aromatic heterocycles. The summed E-state index contributed by atoms with van der Waals surface area (Å²) in [6, 6.07) is 8.04. The molecule has 0 unspecified atom stereocenters. The van der Waals surface area contributed by atoms with Gasteiger partial charge in [0.05, 0.1) is 6.10 Å². The molecule has 14 heavy (non-hydrogen) atoms. The summed E-state index contributed by atoms with van der Waals surface area (Å²) in [5.74, 6) is 0.825. The van der Waals surface area contributed by atoms with Crippen LogP contribution < -0.4 is 4.74 Å². The molecule has 0 fully saturated rings. The minimum atomic E-state index is -0.412. The van der Waals surface area contributed by atoms with E-state index in [1.807, 2.05) is 12.1 Å². The summed E-state index contributed by atoms with van der Waals surface area (Å²) in [6.07, 6.45) is 1.86. The van der Waals surface area contributed by atoms with E-state index in [0.717, 1.165) is 18.6 Å². The molecule has 78 valence electrons. The van der Waals surface area contributed by atoms with Crippen LogP contribution in [0.5, 0.6) is 5.75 Å². The molecule has 0 saturated heterocycles. The Kier molecular flexibility index (Phi) is 4.47. The van der Waals surface area contributed by atoms with Crippen molar-refractivity contribution in [3.63, 3.8) is 0 Å². The van der Waals surface area contributed by atoms with Gasteiger partial charge in [-0.05, 0) is 31.0 Å². The number of hydrogen-bond acceptors (Lipinski definition) is 2. The Bertz CT molecular complexity index is 252. The number of rotatable bonds is 5. The van der Waals surface area contributed by atoms with Crippen LogP contribution in [0, 0.1) is 0 Å². The van der Waals surface area contributed by atoms with Crippen molar-refractivity contribution in [1.82, 2.24) is 0 Å². The van der Waals surface area contributed by atoms with E-state index < -0.39 is 6.10 Å². The SMILES string of the molecule is CCCc1ccc(OC[C@H](C)O)cc1. The predicted molar refractivity (Wildman–Crippen MR) is 57.6 cm³/mol. The van der Waals surface area contributed by atoms with E-state index in [1.54, 1.807) is 6.92 Å². The molecular weight excluding hydrogens is 176 g/mol. The smallest absolute Gasteiger partial charge is 0.119 e. The van der Waals surface area contributed by atoms with E-state index in [4.69, 9.17) is 9.84 Å². The molecular formula is C12H18O2. The predicted octanol–water partition coefficient (Wildman–Crippen LogP) is 2.40. The molecule has 0 spiro atoms. The molecule has 0 aliphatic carbocycles. The second kappa shape index (κ2) is 5.66. The highest BCUT2D eigenvalue weighted by atomic mass is 16.5. The highest BCUT2D eigenvalue weighted by Crippen LogP contribution is 2.13. The Morgan fingerprint density at radius 3 is 2.43 bits per heavy atom. The standard InChI is InChI=1S/C12H18O2/c1-3-4-11-5-7-12(8-6-11)14-9-10(2)13/h5-8,10,13H,3-4,9H2,1-2H3/t10-/m0/s1. The summed E-state index contributed by atoms with van der Waals surface area (Å²) < 4.78 is 5.35. The lowest BCUT2D eigenvalue weighted by Crippen LogP contribution is -2.12. The van der Waals surface area contributed by atoms with Crippen LogP contribution in [-0.2, 0) is 6.42 Å². The fourth-order valence-corrected chi connectivity index (χ4v) is 1.26. The van der Waals surface area contributed by atoms with Crippen LogP contribution in [-0.4, -0.2) is 17.8 Å². The summed E-state index contributed by atoms with van der Waals surface area (Å²) in [5, 5.41) is 9.03. The van der Waals surface area contributed by atoms with Crippen LogP contribution in [0.25, 0.3) is 0 Å². The fraction of sp³-hybridized carbons (Fsp3) is 0.500. The van der Waals surface area contributed by atoms with Crippen molar-refractivity contribution in [3.8, 4) is 5.75 Å². The van der Waals surface area contributed by atoms with Gasteiger partial charge in [-0.2, -0.15) is 0 Å². The summed E-state index contributed by atoms with van der Waals surface area (Å²) in [6.45, 7) is 4.23. The van der Waals surface area contributed by atoms with Crippen LogP contribution >= 0.6 is 0 Å². The maximum absolute atomic E-state index is 9.03. The van der Waals surface area contributed by atoms with E-state index in [1.165, 1.54) is 5.56 Å². The van der Waals surface area contributed by atoms with Crippen LogP contribution in [0.1, 0.15) is 25.8 Å². The largest absolute Gasteiger partial charge is 0.491 e. The topological polar surface area (TPSA) is 29.5 Å². The van der Waals surface area contributed by atoms with Crippen LogP contribution in [0.2, 0.25) is 0 Å². The molecule has 0 bridgehead atoms. The third kappa shape index (κ3) is 3.79. The van der Waals surface area contributed by atoms with Crippen molar-refractivity contribution in [2.75, 3.05) is 6.61 Å². The maximum Gasteiger partial charge on any atom is 0.119 e. The van der Waals surface area contributed by atoms with E-state index in [-0.39, 0.29) is 0 Å². The van der Waals surface area contributed by atoms with Gasteiger partial charge in [0.1, 0.15) is 12.4 Å². The van der Waals surface area contributed by atoms with Gasteiger partial charge in [-0.1, -0.05) is 25.5 Å². The highest BCUT2D eigenvalue weighted by molar-refractivity contribution is 5.27. The van der Waals surface area contributed by atoms with Gasteiger partial charge in [-0.25, -0.2) is 0 Å². The van der Waals surface area contributed by atoms with Crippen molar-refractivity contribution in [1.29, 1.82) is 0 Å². The molecule has 1 atom stereocenters. The van der Waals surface area contributed by atoms with E-state index in [9.17, 15) is 0 Å². The van der Waals surface area contributed by atoms with Crippen molar-refractivity contribution >= 4 is 0 Å². The number of aliphatic hydroxyl groups excluding tert-OH is 1. The van der Waals surface area contributed by atoms with Gasteiger partial charge in [0.15, 0.2) is 0 Å². The molecule has 0 amide bonds. The molecule has 0 radical (unpaired) electrons. The van der Waals surface area contributed by atoms with E-state index in [2.05, 4.69) is 19.1 Å². The highest BCUT2D eigenvalue weighted by Gasteiger charge is 1.98. The van der Waals surface area contributed by atoms with Crippen LogP contribution in [0.15, 0.2) is 24.3 Å². The number of benzene rings is 1. The third-order valence-electron chi connectivity index (χ3n) is 1.95. The minimum Gasteiger partial charge on any atom is -0.491 e. The van der Waals surface area contributed by atoms with Crippen molar-refractivity contribution in [3.05, 3.63) is 29.8 Å². The molecule has 2 heteroatoms. The molecule has 0 aliphatic rings. The lowest BCUT2D eigenvalue weighted by atomic mass is 10.1. The van der Waals surface area contributed by atoms with Crippen molar-refractivity contribution < 1.29 is 9.84 Å². The quantitative estimate of drug-likeness (QED) is 0.780. The number of hydrogen-bond donors (Lipinski definition) is 1. The lowest BCUT2D eigenvalue weighted by molar-refractivity contribution is 0.122. The Hall–Kier alpha value is -1.02. The van der Waals surface area contributed by atoms with Crippen LogP contribution in [0.3, 0.4) is 0 Å². The Labute approximate surface area is 85.5 Å². The normalized spacial score (nSPS) is 12.5. The van der Waals surface area contributed by atoms with E-state index >= 15 is 0 Å². The molecule has 2 nitrogen and oxygen atoms in total. The summed E-state index contributed by atoms with van der Waals surface area (Å²) in [5.41, 5.74) is 1.33. The first-order valence-electron chi connectivity index (χ1n) is 5.12. The average Bonchev–Trinajstić information content (AvgIpc) is 2.17. The van der Waals surface area contributed by atoms with E-state index in [0.29, 0.717) is 6.61 Å². The fourth-order valence-electron chi connectivity index (χ4n) is 1.26. The van der Waals surface area contributed by atoms with Gasteiger partial charge in [-0.3, -0.25) is 0 Å². The Balaban J connectivity index is 2.46. The summed E-state index contributed by atoms with van der Waals surface area (Å²) in [7, 11) is 0. The molecule has 0 saturated carbocycles. The number of aryl methyl sites for hydroxylation is 1. The van der Waals surface area contributed by atoms with Crippen LogP contribution in [0.4, 0.5) is 0 Å². The summed E-state index contributed by atoms with van der Waals surface area (Å²) >= 11 is 0. The van der Waals surface area contributed by atoms with Gasteiger partial charge in [-0.15, -0.1) is 0 Å². The molecule has 0 heterocycles. The van der Waals surface area contributed by atoms with Gasteiger partial charge in [0.2, 0.25) is 0 Å². The summed E-state index contributed by atoms with van der Waals surface area (Å²) in [4.78, 5) is 0. The molecule has 1 aromatic carbocycles. The zero-order valence-corrected chi connectivity index (χ0v) is 8.86. The number of ether oxygens (including phenoxy) is 1. The lowest BCUT2D eigenvalue weighted by Gasteiger charge is -2.08. The molecule has 1 N–H and O–H groups in total. The van der Waals surface area contributed by atoms with Crippen molar-refractivity contribution in [2.24, 2.45) is 0 Å². The third-order valence-corrected chi connectivity index (χ3v) is 1.95. The maximum atomic E-state index is 9.03. The Morgan fingerprint density at radius 1 is 1.29 bits per heavy atom. The average molecular weight is 194 g/mol. The van der Waals surface area contributed by atoms with Gasteiger partial charge >= 0.3 is 0 Å². The molecule has 1 aromatic rings. The minimum absolute atomic E-state index is 0.354.